The first kappa shape index (κ1) is 17.2. The highest BCUT2D eigenvalue weighted by Crippen LogP contribution is 2.20. The number of methoxy groups -OCH3 is 1. The summed E-state index contributed by atoms with van der Waals surface area (Å²) in [5, 5.41) is 11.9. The molecule has 0 atom stereocenters. The van der Waals surface area contributed by atoms with E-state index in [9.17, 15) is 4.79 Å². The van der Waals surface area contributed by atoms with Gasteiger partial charge in [0.15, 0.2) is 0 Å². The van der Waals surface area contributed by atoms with Gasteiger partial charge in [0.05, 0.1) is 12.8 Å². The maximum atomic E-state index is 12.4. The van der Waals surface area contributed by atoms with Gasteiger partial charge in [-0.1, -0.05) is 15.9 Å². The summed E-state index contributed by atoms with van der Waals surface area (Å²) in [6.07, 6.45) is 0. The van der Waals surface area contributed by atoms with Gasteiger partial charge < -0.3 is 10.1 Å². The quantitative estimate of drug-likeness (QED) is 0.527. The van der Waals surface area contributed by atoms with E-state index in [0.717, 1.165) is 21.4 Å². The Bertz CT molecular complexity index is 1110. The van der Waals surface area contributed by atoms with Crippen LogP contribution < -0.4 is 10.1 Å². The first-order chi connectivity index (χ1) is 13.1. The van der Waals surface area contributed by atoms with Gasteiger partial charge in [0.1, 0.15) is 16.8 Å². The molecule has 27 heavy (non-hydrogen) atoms. The molecule has 1 N–H and O–H groups in total. The second-order valence-electron chi connectivity index (χ2n) is 5.85. The van der Waals surface area contributed by atoms with Crippen LogP contribution in [0.15, 0.2) is 71.2 Å². The van der Waals surface area contributed by atoms with Gasteiger partial charge in [-0.2, -0.15) is 4.80 Å². The normalized spacial score (nSPS) is 10.7. The summed E-state index contributed by atoms with van der Waals surface area (Å²) < 4.78 is 6.09. The van der Waals surface area contributed by atoms with E-state index in [-0.39, 0.29) is 5.91 Å². The van der Waals surface area contributed by atoms with E-state index in [1.54, 1.807) is 30.1 Å². The Labute approximate surface area is 163 Å². The molecule has 1 heterocycles. The summed E-state index contributed by atoms with van der Waals surface area (Å²) in [7, 11) is 1.62. The molecule has 0 aliphatic heterocycles. The van der Waals surface area contributed by atoms with Crippen molar-refractivity contribution >= 4 is 38.6 Å². The number of carbonyl (C=O) groups is 1. The molecular formula is C20H15BrN4O2. The molecule has 0 bridgehead atoms. The number of aromatic nitrogens is 3. The lowest BCUT2D eigenvalue weighted by Gasteiger charge is -2.05. The van der Waals surface area contributed by atoms with Crippen molar-refractivity contribution in [3.8, 4) is 11.4 Å². The van der Waals surface area contributed by atoms with Crippen molar-refractivity contribution < 1.29 is 9.53 Å². The second-order valence-corrected chi connectivity index (χ2v) is 6.77. The molecule has 0 fully saturated rings. The molecule has 4 aromatic rings. The van der Waals surface area contributed by atoms with Gasteiger partial charge in [-0.15, -0.1) is 10.2 Å². The minimum atomic E-state index is -0.176. The Hall–Kier alpha value is -3.19. The topological polar surface area (TPSA) is 69.0 Å². The summed E-state index contributed by atoms with van der Waals surface area (Å²) in [6.45, 7) is 0. The zero-order valence-electron chi connectivity index (χ0n) is 14.4. The Morgan fingerprint density at radius 2 is 1.67 bits per heavy atom. The lowest BCUT2D eigenvalue weighted by Crippen LogP contribution is -2.11. The van der Waals surface area contributed by atoms with Gasteiger partial charge in [0.2, 0.25) is 0 Å². The van der Waals surface area contributed by atoms with Gasteiger partial charge in [-0.25, -0.2) is 0 Å². The van der Waals surface area contributed by atoms with Crippen molar-refractivity contribution in [1.29, 1.82) is 0 Å². The largest absolute Gasteiger partial charge is 0.497 e. The van der Waals surface area contributed by atoms with Crippen LogP contribution in [0, 0.1) is 0 Å². The summed E-state index contributed by atoms with van der Waals surface area (Å²) in [5.74, 6) is 0.595. The van der Waals surface area contributed by atoms with Crippen LogP contribution in [0.4, 0.5) is 5.69 Å². The van der Waals surface area contributed by atoms with Gasteiger partial charge >= 0.3 is 0 Å². The van der Waals surface area contributed by atoms with Crippen LogP contribution in [0.5, 0.6) is 5.75 Å². The summed E-state index contributed by atoms with van der Waals surface area (Å²) in [4.78, 5) is 13.9. The number of rotatable bonds is 4. The van der Waals surface area contributed by atoms with E-state index in [0.29, 0.717) is 16.8 Å². The van der Waals surface area contributed by atoms with Crippen molar-refractivity contribution in [2.24, 2.45) is 0 Å². The van der Waals surface area contributed by atoms with Crippen molar-refractivity contribution in [1.82, 2.24) is 15.0 Å². The third kappa shape index (κ3) is 3.68. The van der Waals surface area contributed by atoms with Crippen LogP contribution in [0.2, 0.25) is 0 Å². The van der Waals surface area contributed by atoms with Gasteiger partial charge in [-0.05, 0) is 66.7 Å². The van der Waals surface area contributed by atoms with Crippen LogP contribution in [-0.4, -0.2) is 28.0 Å². The average molecular weight is 423 g/mol. The molecule has 0 saturated carbocycles. The van der Waals surface area contributed by atoms with Crippen LogP contribution in [-0.2, 0) is 0 Å². The predicted octanol–water partition coefficient (Wildman–Crippen LogP) is 4.44. The van der Waals surface area contributed by atoms with E-state index in [1.165, 1.54) is 0 Å². The van der Waals surface area contributed by atoms with Gasteiger partial charge in [-0.3, -0.25) is 4.79 Å². The fourth-order valence-electron chi connectivity index (χ4n) is 2.63. The van der Waals surface area contributed by atoms with Gasteiger partial charge in [0, 0.05) is 15.7 Å². The monoisotopic (exact) mass is 422 g/mol. The number of benzene rings is 3. The Morgan fingerprint density at radius 3 is 2.37 bits per heavy atom. The Balaban J connectivity index is 1.58. The third-order valence-corrected chi connectivity index (χ3v) is 4.58. The maximum Gasteiger partial charge on any atom is 0.255 e. The van der Waals surface area contributed by atoms with E-state index < -0.39 is 0 Å². The summed E-state index contributed by atoms with van der Waals surface area (Å²) in [6, 6.07) is 20.1. The minimum absolute atomic E-state index is 0.176. The first-order valence-electron chi connectivity index (χ1n) is 8.21. The lowest BCUT2D eigenvalue weighted by molar-refractivity contribution is 0.102. The molecule has 1 amide bonds. The molecule has 0 spiro atoms. The van der Waals surface area contributed by atoms with Crippen molar-refractivity contribution in [3.63, 3.8) is 0 Å². The van der Waals surface area contributed by atoms with Crippen molar-refractivity contribution in [2.75, 3.05) is 12.4 Å². The molecule has 3 aromatic carbocycles. The van der Waals surface area contributed by atoms with Crippen LogP contribution in [0.3, 0.4) is 0 Å². The molecule has 0 aliphatic carbocycles. The maximum absolute atomic E-state index is 12.4. The van der Waals surface area contributed by atoms with Crippen LogP contribution >= 0.6 is 15.9 Å². The predicted molar refractivity (Wildman–Crippen MR) is 108 cm³/mol. The molecule has 0 aliphatic rings. The molecule has 134 valence electrons. The fraction of sp³-hybridized carbons (Fsp3) is 0.0500. The number of carbonyl (C=O) groups excluding carboxylic acids is 1. The Morgan fingerprint density at radius 1 is 0.963 bits per heavy atom. The standard InChI is InChI=1S/C20H15BrN4O2/c1-27-17-9-7-16(8-10-17)25-23-18-11-6-15(12-19(18)24-25)22-20(26)13-2-4-14(21)5-3-13/h2-12H,1H3,(H,22,26). The van der Waals surface area contributed by atoms with E-state index >= 15 is 0 Å². The first-order valence-corrected chi connectivity index (χ1v) is 9.00. The average Bonchev–Trinajstić information content (AvgIpc) is 3.12. The second kappa shape index (κ2) is 7.20. The zero-order chi connectivity index (χ0) is 18.8. The number of anilines is 1. The van der Waals surface area contributed by atoms with Gasteiger partial charge in [0.25, 0.3) is 5.91 Å². The number of hydrogen-bond acceptors (Lipinski definition) is 4. The highest BCUT2D eigenvalue weighted by Gasteiger charge is 2.09. The van der Waals surface area contributed by atoms with E-state index in [4.69, 9.17) is 4.74 Å². The zero-order valence-corrected chi connectivity index (χ0v) is 16.0. The molecule has 7 heteroatoms. The smallest absolute Gasteiger partial charge is 0.255 e. The number of fused-ring (bicyclic) bond motifs is 1. The fourth-order valence-corrected chi connectivity index (χ4v) is 2.89. The number of amides is 1. The molecule has 1 aromatic heterocycles. The number of nitrogens with zero attached hydrogens (tertiary/aromatic N) is 3. The number of nitrogens with one attached hydrogen (secondary N) is 1. The lowest BCUT2D eigenvalue weighted by atomic mass is 10.2. The molecule has 0 unspecified atom stereocenters. The molecule has 4 rings (SSSR count). The highest BCUT2D eigenvalue weighted by atomic mass is 79.9. The third-order valence-electron chi connectivity index (χ3n) is 4.05. The van der Waals surface area contributed by atoms with E-state index in [2.05, 4.69) is 31.4 Å². The number of halogens is 1. The molecular weight excluding hydrogens is 408 g/mol. The molecule has 6 nitrogen and oxygen atoms in total. The number of ether oxygens (including phenoxy) is 1. The van der Waals surface area contributed by atoms with Crippen molar-refractivity contribution in [3.05, 3.63) is 76.8 Å². The molecule has 0 saturated heterocycles. The molecule has 0 radical (unpaired) electrons. The van der Waals surface area contributed by atoms with Crippen LogP contribution in [0.1, 0.15) is 10.4 Å². The minimum Gasteiger partial charge on any atom is -0.497 e. The summed E-state index contributed by atoms with van der Waals surface area (Å²) >= 11 is 3.36. The van der Waals surface area contributed by atoms with Crippen LogP contribution in [0.25, 0.3) is 16.7 Å². The SMILES string of the molecule is COc1ccc(-n2nc3ccc(NC(=O)c4ccc(Br)cc4)cc3n2)cc1. The van der Waals surface area contributed by atoms with Crippen molar-refractivity contribution in [2.45, 2.75) is 0 Å². The highest BCUT2D eigenvalue weighted by molar-refractivity contribution is 9.10. The van der Waals surface area contributed by atoms with E-state index in [1.807, 2.05) is 48.5 Å². The Kier molecular flexibility index (Phi) is 4.60. The summed E-state index contributed by atoms with van der Waals surface area (Å²) in [5.41, 5.74) is 3.51. The number of hydrogen-bond donors (Lipinski definition) is 1.